The van der Waals surface area contributed by atoms with Gasteiger partial charge >= 0.3 is 0 Å². The second-order valence-electron chi connectivity index (χ2n) is 7.81. The molecule has 1 aliphatic rings. The van der Waals surface area contributed by atoms with Gasteiger partial charge in [-0.15, -0.1) is 0 Å². The maximum absolute atomic E-state index is 13.5. The zero-order valence-corrected chi connectivity index (χ0v) is 19.0. The Hall–Kier alpha value is -3.54. The van der Waals surface area contributed by atoms with E-state index in [1.807, 2.05) is 17.1 Å². The molecule has 5 nitrogen and oxygen atoms in total. The SMILES string of the molecule is COc1ccc([C@@H]2CC(c3ccc(F)cc3)=NN2c2ccc(C)c(C)c2)c(OC)c1OC. The van der Waals surface area contributed by atoms with Crippen LogP contribution in [0.1, 0.15) is 34.7 Å². The van der Waals surface area contributed by atoms with Gasteiger partial charge in [0.25, 0.3) is 0 Å². The molecule has 0 bridgehead atoms. The lowest BCUT2D eigenvalue weighted by atomic mass is 9.96. The molecule has 0 N–H and O–H groups in total. The van der Waals surface area contributed by atoms with Crippen molar-refractivity contribution < 1.29 is 18.6 Å². The summed E-state index contributed by atoms with van der Waals surface area (Å²) in [5.74, 6) is 1.49. The Morgan fingerprint density at radius 2 is 1.56 bits per heavy atom. The molecule has 32 heavy (non-hydrogen) atoms. The second-order valence-corrected chi connectivity index (χ2v) is 7.81. The molecule has 166 valence electrons. The second kappa shape index (κ2) is 8.91. The minimum absolute atomic E-state index is 0.132. The van der Waals surface area contributed by atoms with Gasteiger partial charge in [0.05, 0.1) is 38.8 Å². The highest BCUT2D eigenvalue weighted by Gasteiger charge is 2.34. The van der Waals surface area contributed by atoms with Crippen LogP contribution in [0.25, 0.3) is 0 Å². The predicted octanol–water partition coefficient (Wildman–Crippen LogP) is 5.82. The molecule has 1 atom stereocenters. The third-order valence-corrected chi connectivity index (χ3v) is 5.94. The van der Waals surface area contributed by atoms with E-state index in [9.17, 15) is 4.39 Å². The Morgan fingerprint density at radius 1 is 0.844 bits per heavy atom. The van der Waals surface area contributed by atoms with Crippen LogP contribution in [-0.4, -0.2) is 27.0 Å². The van der Waals surface area contributed by atoms with Gasteiger partial charge < -0.3 is 14.2 Å². The van der Waals surface area contributed by atoms with Crippen molar-refractivity contribution in [2.45, 2.75) is 26.3 Å². The molecule has 0 saturated heterocycles. The summed E-state index contributed by atoms with van der Waals surface area (Å²) in [7, 11) is 4.82. The smallest absolute Gasteiger partial charge is 0.203 e. The van der Waals surface area contributed by atoms with Crippen molar-refractivity contribution in [1.82, 2.24) is 0 Å². The van der Waals surface area contributed by atoms with Crippen LogP contribution in [0, 0.1) is 19.7 Å². The fourth-order valence-corrected chi connectivity index (χ4v) is 4.06. The third kappa shape index (κ3) is 3.88. The molecule has 0 aromatic heterocycles. The van der Waals surface area contributed by atoms with E-state index < -0.39 is 0 Å². The molecule has 0 saturated carbocycles. The first kappa shape index (κ1) is 21.7. The van der Waals surface area contributed by atoms with Gasteiger partial charge in [0, 0.05) is 12.0 Å². The zero-order valence-electron chi connectivity index (χ0n) is 19.0. The van der Waals surface area contributed by atoms with Gasteiger partial charge in [-0.25, -0.2) is 4.39 Å². The lowest BCUT2D eigenvalue weighted by molar-refractivity contribution is 0.320. The van der Waals surface area contributed by atoms with E-state index in [-0.39, 0.29) is 11.9 Å². The number of aryl methyl sites for hydroxylation is 2. The van der Waals surface area contributed by atoms with Crippen molar-refractivity contribution >= 4 is 11.4 Å². The van der Waals surface area contributed by atoms with Crippen LogP contribution in [0.15, 0.2) is 59.7 Å². The predicted molar refractivity (Wildman–Crippen MR) is 125 cm³/mol. The Labute approximate surface area is 188 Å². The molecule has 4 rings (SSSR count). The Balaban J connectivity index is 1.84. The molecule has 0 fully saturated rings. The van der Waals surface area contributed by atoms with Crippen LogP contribution in [0.4, 0.5) is 10.1 Å². The topological polar surface area (TPSA) is 43.3 Å². The lowest BCUT2D eigenvalue weighted by Crippen LogP contribution is -2.19. The van der Waals surface area contributed by atoms with Gasteiger partial charge in [0.1, 0.15) is 5.82 Å². The van der Waals surface area contributed by atoms with Gasteiger partial charge in [-0.2, -0.15) is 5.10 Å². The Bertz CT molecular complexity index is 1160. The molecule has 0 aliphatic carbocycles. The highest BCUT2D eigenvalue weighted by molar-refractivity contribution is 6.03. The number of halogens is 1. The number of hydrazone groups is 1. The molecule has 3 aromatic rings. The number of ether oxygens (including phenoxy) is 3. The quantitative estimate of drug-likeness (QED) is 0.490. The average Bonchev–Trinajstić information content (AvgIpc) is 3.25. The van der Waals surface area contributed by atoms with E-state index in [1.54, 1.807) is 33.5 Å². The van der Waals surface area contributed by atoms with Gasteiger partial charge in [-0.3, -0.25) is 5.01 Å². The molecule has 3 aromatic carbocycles. The van der Waals surface area contributed by atoms with E-state index in [0.717, 1.165) is 22.5 Å². The van der Waals surface area contributed by atoms with E-state index in [4.69, 9.17) is 19.3 Å². The number of benzene rings is 3. The lowest BCUT2D eigenvalue weighted by Gasteiger charge is -2.27. The van der Waals surface area contributed by atoms with Crippen molar-refractivity contribution in [3.05, 3.63) is 82.7 Å². The van der Waals surface area contributed by atoms with E-state index >= 15 is 0 Å². The zero-order chi connectivity index (χ0) is 22.8. The molecule has 0 amide bonds. The normalized spacial score (nSPS) is 15.5. The summed E-state index contributed by atoms with van der Waals surface area (Å²) in [5.41, 5.74) is 6.09. The molecule has 0 radical (unpaired) electrons. The van der Waals surface area contributed by atoms with Gasteiger partial charge in [0.15, 0.2) is 11.5 Å². The maximum Gasteiger partial charge on any atom is 0.203 e. The molecule has 0 unspecified atom stereocenters. The molecule has 6 heteroatoms. The first-order chi connectivity index (χ1) is 15.5. The number of anilines is 1. The van der Waals surface area contributed by atoms with E-state index in [2.05, 4.69) is 32.0 Å². The van der Waals surface area contributed by atoms with Crippen LogP contribution >= 0.6 is 0 Å². The van der Waals surface area contributed by atoms with Gasteiger partial charge in [-0.05, 0) is 66.9 Å². The van der Waals surface area contributed by atoms with E-state index in [1.165, 1.54) is 23.3 Å². The standard InChI is InChI=1S/C26H27FN2O3/c1-16-6-11-20(14-17(16)2)29-23(15-22(28-29)18-7-9-19(27)10-8-18)21-12-13-24(30-3)26(32-5)25(21)31-4/h6-14,23H,15H2,1-5H3/t23-/m0/s1. The maximum atomic E-state index is 13.5. The number of methoxy groups -OCH3 is 3. The minimum Gasteiger partial charge on any atom is -0.493 e. The van der Waals surface area contributed by atoms with Crippen molar-refractivity contribution in [3.8, 4) is 17.2 Å². The summed E-state index contributed by atoms with van der Waals surface area (Å²) < 4.78 is 30.3. The number of hydrogen-bond donors (Lipinski definition) is 0. The van der Waals surface area contributed by atoms with E-state index in [0.29, 0.717) is 23.7 Å². The minimum atomic E-state index is -0.267. The first-order valence-electron chi connectivity index (χ1n) is 10.5. The monoisotopic (exact) mass is 434 g/mol. The van der Waals surface area contributed by atoms with Crippen LogP contribution in [0.3, 0.4) is 0 Å². The molecule has 0 spiro atoms. The van der Waals surface area contributed by atoms with Crippen LogP contribution < -0.4 is 19.2 Å². The number of nitrogens with zero attached hydrogens (tertiary/aromatic N) is 2. The number of rotatable bonds is 6. The summed E-state index contributed by atoms with van der Waals surface area (Å²) in [6, 6.07) is 16.5. The summed E-state index contributed by atoms with van der Waals surface area (Å²) >= 11 is 0. The summed E-state index contributed by atoms with van der Waals surface area (Å²) in [5, 5.41) is 6.97. The summed E-state index contributed by atoms with van der Waals surface area (Å²) in [4.78, 5) is 0. The average molecular weight is 435 g/mol. The Kier molecular flexibility index (Phi) is 6.04. The van der Waals surface area contributed by atoms with Crippen molar-refractivity contribution in [3.63, 3.8) is 0 Å². The van der Waals surface area contributed by atoms with Crippen molar-refractivity contribution in [2.24, 2.45) is 5.10 Å². The molecular weight excluding hydrogens is 407 g/mol. The van der Waals surface area contributed by atoms with Crippen LogP contribution in [0.5, 0.6) is 17.2 Å². The van der Waals surface area contributed by atoms with Gasteiger partial charge in [0.2, 0.25) is 5.75 Å². The third-order valence-electron chi connectivity index (χ3n) is 5.94. The highest BCUT2D eigenvalue weighted by atomic mass is 19.1. The van der Waals surface area contributed by atoms with Crippen molar-refractivity contribution in [1.29, 1.82) is 0 Å². The molecule has 1 aliphatic heterocycles. The molecular formula is C26H27FN2O3. The summed E-state index contributed by atoms with van der Waals surface area (Å²) in [6.45, 7) is 4.18. The molecule has 1 heterocycles. The van der Waals surface area contributed by atoms with Crippen molar-refractivity contribution in [2.75, 3.05) is 26.3 Å². The largest absolute Gasteiger partial charge is 0.493 e. The number of hydrogen-bond acceptors (Lipinski definition) is 5. The highest BCUT2D eigenvalue weighted by Crippen LogP contribution is 2.47. The van der Waals surface area contributed by atoms with Crippen LogP contribution in [-0.2, 0) is 0 Å². The summed E-state index contributed by atoms with van der Waals surface area (Å²) in [6.07, 6.45) is 0.629. The van der Waals surface area contributed by atoms with Crippen LogP contribution in [0.2, 0.25) is 0 Å². The fraction of sp³-hybridized carbons (Fsp3) is 0.269. The first-order valence-corrected chi connectivity index (χ1v) is 10.5. The Morgan fingerprint density at radius 3 is 2.19 bits per heavy atom. The van der Waals surface area contributed by atoms with Gasteiger partial charge in [-0.1, -0.05) is 18.2 Å². The fourth-order valence-electron chi connectivity index (χ4n) is 4.06.